The van der Waals surface area contributed by atoms with E-state index in [4.69, 9.17) is 0 Å². The molecule has 1 amide bonds. The molecule has 2 aliphatic rings. The van der Waals surface area contributed by atoms with Gasteiger partial charge in [0.15, 0.2) is 0 Å². The first kappa shape index (κ1) is 30.1. The molecule has 1 unspecified atom stereocenters. The first-order valence-electron chi connectivity index (χ1n) is 12.8. The van der Waals surface area contributed by atoms with Crippen LogP contribution in [0.5, 0.6) is 0 Å². The summed E-state index contributed by atoms with van der Waals surface area (Å²) in [4.78, 5) is 18.5. The second kappa shape index (κ2) is 13.0. The molecule has 1 aliphatic heterocycles. The van der Waals surface area contributed by atoms with Gasteiger partial charge in [0, 0.05) is 12.3 Å². The Bertz CT molecular complexity index is 1130. The number of amidine groups is 1. The summed E-state index contributed by atoms with van der Waals surface area (Å²) >= 11 is -1.27. The first-order chi connectivity index (χ1) is 18.0. The fourth-order valence-electron chi connectivity index (χ4n) is 4.75. The maximum atomic E-state index is 12.1. The Balaban J connectivity index is 0.000000375. The monoisotopic (exact) mass is 717 g/mol. The van der Waals surface area contributed by atoms with Gasteiger partial charge in [-0.15, -0.1) is 0 Å². The molecule has 1 saturated carbocycles. The van der Waals surface area contributed by atoms with Gasteiger partial charge in [0.2, 0.25) is 0 Å². The van der Waals surface area contributed by atoms with Crippen LogP contribution in [0.25, 0.3) is 0 Å². The summed E-state index contributed by atoms with van der Waals surface area (Å²) < 4.78 is 50.9. The molecule has 9 heteroatoms. The van der Waals surface area contributed by atoms with E-state index in [2.05, 4.69) is 82.0 Å². The van der Waals surface area contributed by atoms with Crippen LogP contribution in [0.1, 0.15) is 43.7 Å². The van der Waals surface area contributed by atoms with Gasteiger partial charge in [-0.1, -0.05) is 6.92 Å². The predicted molar refractivity (Wildman–Crippen MR) is 139 cm³/mol. The van der Waals surface area contributed by atoms with E-state index in [1.54, 1.807) is 13.1 Å². The number of carbonyl (C=O) groups excluding carboxylic acids is 1. The summed E-state index contributed by atoms with van der Waals surface area (Å²) in [6.45, 7) is 7.88. The summed E-state index contributed by atoms with van der Waals surface area (Å²) in [6, 6.07) is 21.3. The Hall–Kier alpha value is -2.48. The molecule has 0 bridgehead atoms. The van der Waals surface area contributed by atoms with Gasteiger partial charge in [-0.3, -0.25) is 0 Å². The number of hydrogen-bond acceptors (Lipinski definition) is 2. The van der Waals surface area contributed by atoms with Crippen LogP contribution >= 0.6 is 0 Å². The molecule has 2 aromatic rings. The summed E-state index contributed by atoms with van der Waals surface area (Å²) in [6.07, 6.45) is 1.78. The minimum atomic E-state index is -3.76. The smallest absolute Gasteiger partial charge is 0.200 e. The molecule has 1 heterocycles. The molecule has 1 aliphatic carbocycles. The second-order valence-corrected chi connectivity index (χ2v) is 15.0. The van der Waals surface area contributed by atoms with Crippen molar-refractivity contribution in [1.29, 1.82) is 0 Å². The number of alkyl halides is 4. The Labute approximate surface area is 234 Å². The largest absolute Gasteiger partial charge is 0.312 e. The molecule has 0 spiro atoms. The number of hydrogen-bond donors (Lipinski definition) is 1. The molecule has 1 atom stereocenters. The molecule has 4 rings (SSSR count). The second-order valence-electron chi connectivity index (χ2n) is 9.62. The van der Waals surface area contributed by atoms with E-state index < -0.39 is 48.8 Å². The van der Waals surface area contributed by atoms with Crippen LogP contribution in [0.3, 0.4) is 0 Å². The third-order valence-electron chi connectivity index (χ3n) is 6.99. The van der Waals surface area contributed by atoms with Crippen molar-refractivity contribution in [3.63, 3.8) is 0 Å². The zero-order chi connectivity index (χ0) is 27.9. The van der Waals surface area contributed by atoms with Crippen LogP contribution < -0.4 is 5.32 Å². The first-order valence-corrected chi connectivity index (χ1v) is 21.0. The molecule has 0 radical (unpaired) electrons. The average molecular weight is 716 g/mol. The van der Waals surface area contributed by atoms with Crippen LogP contribution in [0.15, 0.2) is 89.7 Å². The molecular formula is C29H33F4HgN3O. The van der Waals surface area contributed by atoms with E-state index in [-0.39, 0.29) is 11.8 Å². The fraction of sp³-hybridized carbons (Fsp3) is 0.379. The maximum absolute atomic E-state index is 12.1. The number of rotatable bonds is 6. The van der Waals surface area contributed by atoms with E-state index in [0.717, 1.165) is 28.9 Å². The molecule has 1 N–H and O–H groups in total. The maximum Gasteiger partial charge on any atom is 0.312 e. The fourth-order valence-corrected chi connectivity index (χ4v) is 7.47. The number of aliphatic imine (C=N–C) groups is 1. The van der Waals surface area contributed by atoms with Crippen molar-refractivity contribution in [2.75, 3.05) is 13.1 Å². The minimum Gasteiger partial charge on any atom is -0.200 e. The van der Waals surface area contributed by atoms with Crippen molar-refractivity contribution in [2.45, 2.75) is 48.9 Å². The van der Waals surface area contributed by atoms with Crippen molar-refractivity contribution in [3.8, 4) is 0 Å². The van der Waals surface area contributed by atoms with Gasteiger partial charge >= 0.3 is 198 Å². The van der Waals surface area contributed by atoms with Crippen LogP contribution in [0, 0.1) is 5.92 Å². The van der Waals surface area contributed by atoms with Crippen molar-refractivity contribution in [2.24, 2.45) is 10.9 Å². The molecule has 2 aromatic carbocycles. The zero-order valence-corrected chi connectivity index (χ0v) is 27.6. The van der Waals surface area contributed by atoms with E-state index in [0.29, 0.717) is 6.54 Å². The number of nitrogens with one attached hydrogen (secondary N) is 1. The molecule has 0 saturated heterocycles. The van der Waals surface area contributed by atoms with Gasteiger partial charge in [-0.25, -0.2) is 0 Å². The Morgan fingerprint density at radius 1 is 1.11 bits per heavy atom. The van der Waals surface area contributed by atoms with Crippen LogP contribution in [-0.2, 0) is 29.4 Å². The number of amides is 1. The Kier molecular flexibility index (Phi) is 10.3. The standard InChI is InChI=1S/C23H24N3O.C5H6F4.CH3.Hg/c1-3-24-17-25-22-16-26(18(2)27)15-14-21(22)23(19-10-6-4-7-11-19)20-12-8-5-9-13-20;1-3-2-4(6,7)5(3,8)9;;/h3-13,23H,1,14-16H2,2H3,(H,24,25);3H,2H2,1H3;1H3;. The minimum absolute atomic E-state index is 0.114. The Morgan fingerprint density at radius 3 is 2.03 bits per heavy atom. The molecule has 4 nitrogen and oxygen atoms in total. The van der Waals surface area contributed by atoms with Gasteiger partial charge in [0.1, 0.15) is 0 Å². The molecule has 1 fully saturated rings. The van der Waals surface area contributed by atoms with Gasteiger partial charge in [0.25, 0.3) is 0 Å². The van der Waals surface area contributed by atoms with E-state index in [9.17, 15) is 22.4 Å². The van der Waals surface area contributed by atoms with Crippen molar-refractivity contribution in [1.82, 2.24) is 10.2 Å². The summed E-state index contributed by atoms with van der Waals surface area (Å²) in [7, 11) is 0. The third-order valence-corrected chi connectivity index (χ3v) is 11.0. The van der Waals surface area contributed by atoms with Gasteiger partial charge < -0.3 is 0 Å². The summed E-state index contributed by atoms with van der Waals surface area (Å²) in [5.41, 5.74) is 5.00. The van der Waals surface area contributed by atoms with Crippen molar-refractivity contribution < 1.29 is 46.9 Å². The predicted octanol–water partition coefficient (Wildman–Crippen LogP) is 6.84. The summed E-state index contributed by atoms with van der Waals surface area (Å²) in [5, 5.41) is 3.62. The zero-order valence-electron chi connectivity index (χ0n) is 22.1. The number of carbonyl (C=O) groups is 1. The molecule has 0 aromatic heterocycles. The van der Waals surface area contributed by atoms with E-state index in [1.165, 1.54) is 16.7 Å². The normalized spacial score (nSPS) is 20.1. The average Bonchev–Trinajstić information content (AvgIpc) is 2.90. The summed E-state index contributed by atoms with van der Waals surface area (Å²) in [5.74, 6) is -8.39. The number of nitrogens with zero attached hydrogens (tertiary/aromatic N) is 2. The SMILES string of the molecule is C=CN=[C](NC1=C(C(c2ccccc2)c2ccccc2)CCN(C(C)=O)C1)[Hg][CH3].CC1CC(F)(F)C1(F)F. The Morgan fingerprint density at radius 2 is 1.66 bits per heavy atom. The number of benzene rings is 2. The topological polar surface area (TPSA) is 44.7 Å². The van der Waals surface area contributed by atoms with E-state index >= 15 is 0 Å². The van der Waals surface area contributed by atoms with Crippen LogP contribution in [0.4, 0.5) is 17.6 Å². The van der Waals surface area contributed by atoms with Crippen molar-refractivity contribution in [3.05, 3.63) is 95.8 Å². The van der Waals surface area contributed by atoms with Crippen LogP contribution in [-0.4, -0.2) is 39.1 Å². The van der Waals surface area contributed by atoms with Gasteiger partial charge in [-0.2, -0.15) is 17.6 Å². The molecule has 200 valence electrons. The number of halogens is 4. The molecule has 38 heavy (non-hydrogen) atoms. The van der Waals surface area contributed by atoms with Gasteiger partial charge in [0.05, 0.1) is 0 Å². The van der Waals surface area contributed by atoms with E-state index in [1.807, 2.05) is 4.90 Å². The quantitative estimate of drug-likeness (QED) is 0.154. The van der Waals surface area contributed by atoms with Crippen molar-refractivity contribution >= 4 is 9.25 Å². The van der Waals surface area contributed by atoms with Crippen LogP contribution in [0.2, 0.25) is 4.43 Å². The third kappa shape index (κ3) is 6.93. The van der Waals surface area contributed by atoms with Gasteiger partial charge in [-0.05, 0) is 0 Å². The molecular weight excluding hydrogens is 683 g/mol.